The van der Waals surface area contributed by atoms with Gasteiger partial charge >= 0.3 is 6.09 Å². The molecule has 1 unspecified atom stereocenters. The highest BCUT2D eigenvalue weighted by atomic mass is 16.6. The fourth-order valence-corrected chi connectivity index (χ4v) is 2.33. The number of rotatable bonds is 3. The lowest BCUT2D eigenvalue weighted by atomic mass is 10.0. The second kappa shape index (κ2) is 5.50. The molecule has 0 aromatic carbocycles. The van der Waals surface area contributed by atoms with Gasteiger partial charge in [-0.05, 0) is 40.5 Å². The van der Waals surface area contributed by atoms with Gasteiger partial charge in [-0.2, -0.15) is 0 Å². The Morgan fingerprint density at radius 2 is 2.10 bits per heavy atom. The molecule has 2 heterocycles. The summed E-state index contributed by atoms with van der Waals surface area (Å²) >= 11 is 0. The van der Waals surface area contributed by atoms with Crippen molar-refractivity contribution < 1.29 is 14.3 Å². The Balaban J connectivity index is 2.18. The van der Waals surface area contributed by atoms with Crippen LogP contribution in [0.3, 0.4) is 0 Å². The van der Waals surface area contributed by atoms with Crippen molar-refractivity contribution in [2.24, 2.45) is 0 Å². The van der Waals surface area contributed by atoms with Crippen molar-refractivity contribution in [3.63, 3.8) is 0 Å². The van der Waals surface area contributed by atoms with Gasteiger partial charge in [-0.1, -0.05) is 0 Å². The molecule has 6 nitrogen and oxygen atoms in total. The molecular formula is C15H23N3O3. The van der Waals surface area contributed by atoms with E-state index in [9.17, 15) is 9.59 Å². The number of nitrogens with zero attached hydrogens (tertiary/aromatic N) is 2. The average Bonchev–Trinajstić information content (AvgIpc) is 2.80. The van der Waals surface area contributed by atoms with Gasteiger partial charge in [0.25, 0.3) is 0 Å². The third-order valence-corrected chi connectivity index (χ3v) is 3.44. The number of hydrogen-bond donors (Lipinski definition) is 1. The van der Waals surface area contributed by atoms with Crippen molar-refractivity contribution in [2.75, 3.05) is 0 Å². The van der Waals surface area contributed by atoms with Gasteiger partial charge in [0.05, 0.1) is 5.69 Å². The normalized spacial score (nSPS) is 17.5. The van der Waals surface area contributed by atoms with Crippen LogP contribution in [0.5, 0.6) is 0 Å². The van der Waals surface area contributed by atoms with E-state index >= 15 is 0 Å². The number of carbonyl (C=O) groups is 2. The van der Waals surface area contributed by atoms with Gasteiger partial charge in [-0.25, -0.2) is 9.78 Å². The fraction of sp³-hybridized carbons (Fsp3) is 0.667. The molecule has 0 bridgehead atoms. The highest BCUT2D eigenvalue weighted by Crippen LogP contribution is 2.22. The number of alkyl carbamates (subject to hydrolysis) is 1. The maximum atomic E-state index is 11.9. The molecule has 1 N–H and O–H groups in total. The number of aryl methyl sites for hydroxylation is 2. The summed E-state index contributed by atoms with van der Waals surface area (Å²) in [6, 6.07) is 0. The lowest BCUT2D eigenvalue weighted by Gasteiger charge is -2.26. The summed E-state index contributed by atoms with van der Waals surface area (Å²) in [4.78, 5) is 27.9. The van der Waals surface area contributed by atoms with Gasteiger partial charge < -0.3 is 19.4 Å². The minimum Gasteiger partial charge on any atom is -0.444 e. The third kappa shape index (κ3) is 3.62. The zero-order valence-electron chi connectivity index (χ0n) is 13.1. The molecule has 116 valence electrons. The quantitative estimate of drug-likeness (QED) is 0.867. The molecule has 0 saturated carbocycles. The van der Waals surface area contributed by atoms with Crippen LogP contribution in [0.4, 0.5) is 4.79 Å². The van der Waals surface area contributed by atoms with E-state index in [1.165, 1.54) is 0 Å². The Morgan fingerprint density at radius 1 is 1.38 bits per heavy atom. The Kier molecular flexibility index (Phi) is 4.07. The number of aromatic nitrogens is 2. The number of fused-ring (bicyclic) bond motifs is 1. The zero-order chi connectivity index (χ0) is 15.7. The molecule has 21 heavy (non-hydrogen) atoms. The minimum atomic E-state index is -1.17. The molecule has 1 aliphatic rings. The van der Waals surface area contributed by atoms with Gasteiger partial charge in [-0.3, -0.25) is 0 Å². The molecule has 1 aliphatic heterocycles. The van der Waals surface area contributed by atoms with Crippen LogP contribution in [0.25, 0.3) is 0 Å². The molecule has 0 radical (unpaired) electrons. The van der Waals surface area contributed by atoms with Gasteiger partial charge in [0, 0.05) is 19.2 Å². The van der Waals surface area contributed by atoms with Gasteiger partial charge in [0.1, 0.15) is 17.0 Å². The van der Waals surface area contributed by atoms with Gasteiger partial charge in [-0.15, -0.1) is 0 Å². The van der Waals surface area contributed by atoms with E-state index in [2.05, 4.69) is 14.9 Å². The van der Waals surface area contributed by atoms with Crippen LogP contribution in [0, 0.1) is 0 Å². The molecule has 1 amide bonds. The molecule has 0 fully saturated rings. The molecule has 1 atom stereocenters. The first-order valence-corrected chi connectivity index (χ1v) is 7.27. The Labute approximate surface area is 124 Å². The summed E-state index contributed by atoms with van der Waals surface area (Å²) in [6.07, 6.45) is 5.05. The summed E-state index contributed by atoms with van der Waals surface area (Å²) < 4.78 is 7.27. The number of amides is 1. The van der Waals surface area contributed by atoms with E-state index in [0.717, 1.165) is 31.6 Å². The highest BCUT2D eigenvalue weighted by Gasteiger charge is 2.34. The van der Waals surface area contributed by atoms with Crippen LogP contribution in [0.2, 0.25) is 0 Å². The fourth-order valence-electron chi connectivity index (χ4n) is 2.33. The number of imidazole rings is 1. The van der Waals surface area contributed by atoms with Gasteiger partial charge in [0.15, 0.2) is 6.29 Å². The van der Waals surface area contributed by atoms with E-state index in [0.29, 0.717) is 12.0 Å². The van der Waals surface area contributed by atoms with Crippen molar-refractivity contribution >= 4 is 12.4 Å². The van der Waals surface area contributed by atoms with Crippen LogP contribution in [0.1, 0.15) is 52.1 Å². The maximum Gasteiger partial charge on any atom is 0.408 e. The lowest BCUT2D eigenvalue weighted by Crippen LogP contribution is -2.47. The predicted octanol–water partition coefficient (Wildman–Crippen LogP) is 2.16. The predicted molar refractivity (Wildman–Crippen MR) is 78.0 cm³/mol. The van der Waals surface area contributed by atoms with E-state index < -0.39 is 17.2 Å². The van der Waals surface area contributed by atoms with Crippen molar-refractivity contribution in [1.29, 1.82) is 0 Å². The number of hydrogen-bond acceptors (Lipinski definition) is 4. The van der Waals surface area contributed by atoms with E-state index in [1.807, 2.05) is 6.20 Å². The molecule has 0 spiro atoms. The second-order valence-corrected chi connectivity index (χ2v) is 6.64. The van der Waals surface area contributed by atoms with Crippen LogP contribution in [-0.2, 0) is 28.0 Å². The van der Waals surface area contributed by atoms with Crippen molar-refractivity contribution in [2.45, 2.75) is 64.6 Å². The van der Waals surface area contributed by atoms with Crippen LogP contribution in [-0.4, -0.2) is 27.5 Å². The maximum absolute atomic E-state index is 11.9. The monoisotopic (exact) mass is 293 g/mol. The zero-order valence-corrected chi connectivity index (χ0v) is 13.1. The molecule has 0 aliphatic carbocycles. The molecule has 0 saturated heterocycles. The number of ether oxygens (including phenoxy) is 1. The third-order valence-electron chi connectivity index (χ3n) is 3.44. The largest absolute Gasteiger partial charge is 0.444 e. The minimum absolute atomic E-state index is 0.556. The topological polar surface area (TPSA) is 73.2 Å². The molecule has 1 aromatic heterocycles. The Morgan fingerprint density at radius 3 is 2.67 bits per heavy atom. The molecule has 1 aromatic rings. The van der Waals surface area contributed by atoms with Crippen LogP contribution < -0.4 is 5.32 Å². The molecule has 2 rings (SSSR count). The summed E-state index contributed by atoms with van der Waals surface area (Å²) in [6.45, 7) is 7.88. The van der Waals surface area contributed by atoms with E-state index in [-0.39, 0.29) is 0 Å². The SMILES string of the molecule is CC(C)(C)OC(=O)NC(C)(C=O)c1cn2c(n1)CCCC2. The van der Waals surface area contributed by atoms with Crippen molar-refractivity contribution in [3.8, 4) is 0 Å². The first-order valence-electron chi connectivity index (χ1n) is 7.27. The van der Waals surface area contributed by atoms with Crippen molar-refractivity contribution in [1.82, 2.24) is 14.9 Å². The lowest BCUT2D eigenvalue weighted by molar-refractivity contribution is -0.113. The number of aldehydes is 1. The molecular weight excluding hydrogens is 270 g/mol. The first kappa shape index (κ1) is 15.5. The number of carbonyl (C=O) groups excluding carboxylic acids is 2. The Hall–Kier alpha value is -1.85. The van der Waals surface area contributed by atoms with E-state index in [4.69, 9.17) is 4.74 Å². The van der Waals surface area contributed by atoms with Crippen LogP contribution in [0.15, 0.2) is 6.20 Å². The number of nitrogens with one attached hydrogen (secondary N) is 1. The van der Waals surface area contributed by atoms with Gasteiger partial charge in [0.2, 0.25) is 0 Å². The summed E-state index contributed by atoms with van der Waals surface area (Å²) in [5.74, 6) is 0.968. The average molecular weight is 293 g/mol. The second-order valence-electron chi connectivity index (χ2n) is 6.64. The van der Waals surface area contributed by atoms with Crippen molar-refractivity contribution in [3.05, 3.63) is 17.7 Å². The van der Waals surface area contributed by atoms with E-state index in [1.54, 1.807) is 27.7 Å². The summed E-state index contributed by atoms with van der Waals surface area (Å²) in [5.41, 5.74) is -1.23. The molecule has 6 heteroatoms. The summed E-state index contributed by atoms with van der Waals surface area (Å²) in [7, 11) is 0. The summed E-state index contributed by atoms with van der Waals surface area (Å²) in [5, 5.41) is 2.62. The first-order chi connectivity index (χ1) is 9.73. The standard InChI is InChI=1S/C15H23N3O3/c1-14(2,3)21-13(20)17-15(4,10-19)11-9-18-8-6-5-7-12(18)16-11/h9-10H,5-8H2,1-4H3,(H,17,20). The Bertz CT molecular complexity index is 521. The van der Waals surface area contributed by atoms with Crippen LogP contribution >= 0.6 is 0 Å². The highest BCUT2D eigenvalue weighted by molar-refractivity contribution is 5.77. The smallest absolute Gasteiger partial charge is 0.408 e.